The van der Waals surface area contributed by atoms with Crippen molar-refractivity contribution < 1.29 is 14.1 Å². The highest BCUT2D eigenvalue weighted by Gasteiger charge is 2.21. The van der Waals surface area contributed by atoms with Gasteiger partial charge in [0.25, 0.3) is 11.6 Å². The number of aryl methyl sites for hydroxylation is 1. The fourth-order valence-corrected chi connectivity index (χ4v) is 3.35. The van der Waals surface area contributed by atoms with Crippen molar-refractivity contribution in [2.45, 2.75) is 16.6 Å². The number of benzene rings is 2. The highest BCUT2D eigenvalue weighted by Crippen LogP contribution is 2.34. The van der Waals surface area contributed by atoms with Crippen molar-refractivity contribution in [1.82, 2.24) is 19.7 Å². The highest BCUT2D eigenvalue weighted by atomic mass is 32.2. The van der Waals surface area contributed by atoms with Crippen LogP contribution in [0, 0.1) is 15.9 Å². The van der Waals surface area contributed by atoms with Crippen molar-refractivity contribution in [2.75, 3.05) is 7.05 Å². The maximum Gasteiger partial charge on any atom is 0.284 e. The first-order valence-electron chi connectivity index (χ1n) is 8.15. The Morgan fingerprint density at radius 1 is 1.29 bits per heavy atom. The molecule has 10 heteroatoms. The van der Waals surface area contributed by atoms with E-state index in [4.69, 9.17) is 0 Å². The quantitative estimate of drug-likeness (QED) is 0.465. The largest absolute Gasteiger partial charge is 0.337 e. The average Bonchev–Trinajstić information content (AvgIpc) is 3.07. The van der Waals surface area contributed by atoms with Gasteiger partial charge in [-0.1, -0.05) is 12.1 Å². The normalized spacial score (nSPS) is 10.7. The lowest BCUT2D eigenvalue weighted by Crippen LogP contribution is -2.26. The summed E-state index contributed by atoms with van der Waals surface area (Å²) >= 11 is 1.10. The molecule has 8 nitrogen and oxygen atoms in total. The highest BCUT2D eigenvalue weighted by molar-refractivity contribution is 7.99. The molecular formula is C18H16FN5O3S. The van der Waals surface area contributed by atoms with Gasteiger partial charge in [-0.05, 0) is 41.6 Å². The topological polar surface area (TPSA) is 94.2 Å². The number of hydrogen-bond donors (Lipinski definition) is 0. The van der Waals surface area contributed by atoms with E-state index in [2.05, 4.69) is 10.2 Å². The third-order valence-electron chi connectivity index (χ3n) is 3.95. The van der Waals surface area contributed by atoms with E-state index in [0.717, 1.165) is 17.3 Å². The molecular weight excluding hydrogens is 385 g/mol. The number of carbonyl (C=O) groups excluding carboxylic acids is 1. The van der Waals surface area contributed by atoms with E-state index in [9.17, 15) is 19.3 Å². The van der Waals surface area contributed by atoms with Gasteiger partial charge >= 0.3 is 0 Å². The van der Waals surface area contributed by atoms with Gasteiger partial charge in [0, 0.05) is 32.3 Å². The van der Waals surface area contributed by atoms with Crippen molar-refractivity contribution in [3.05, 3.63) is 75.9 Å². The predicted octanol–water partition coefficient (Wildman–Crippen LogP) is 3.29. The van der Waals surface area contributed by atoms with Crippen molar-refractivity contribution >= 4 is 23.4 Å². The smallest absolute Gasteiger partial charge is 0.284 e. The molecule has 3 aromatic rings. The molecule has 0 bridgehead atoms. The van der Waals surface area contributed by atoms with Crippen LogP contribution in [0.1, 0.15) is 15.9 Å². The van der Waals surface area contributed by atoms with Gasteiger partial charge in [-0.2, -0.15) is 0 Å². The predicted molar refractivity (Wildman–Crippen MR) is 100 cm³/mol. The number of rotatable bonds is 6. The number of amides is 1. The van der Waals surface area contributed by atoms with E-state index in [0.29, 0.717) is 10.1 Å². The van der Waals surface area contributed by atoms with E-state index in [1.54, 1.807) is 30.8 Å². The van der Waals surface area contributed by atoms with Crippen LogP contribution in [0.5, 0.6) is 0 Å². The van der Waals surface area contributed by atoms with Crippen molar-refractivity contribution in [3.63, 3.8) is 0 Å². The average molecular weight is 401 g/mol. The van der Waals surface area contributed by atoms with E-state index < -0.39 is 4.92 Å². The second-order valence-corrected chi connectivity index (χ2v) is 7.06. The summed E-state index contributed by atoms with van der Waals surface area (Å²) < 4.78 is 14.7. The second-order valence-electron chi connectivity index (χ2n) is 6.05. The molecule has 144 valence electrons. The van der Waals surface area contributed by atoms with Crippen LogP contribution in [0.4, 0.5) is 10.1 Å². The molecule has 2 aromatic carbocycles. The van der Waals surface area contributed by atoms with Gasteiger partial charge in [-0.15, -0.1) is 10.2 Å². The molecule has 0 unspecified atom stereocenters. The molecule has 0 spiro atoms. The van der Waals surface area contributed by atoms with E-state index in [-0.39, 0.29) is 29.5 Å². The van der Waals surface area contributed by atoms with Crippen molar-refractivity contribution in [3.8, 4) is 0 Å². The molecule has 28 heavy (non-hydrogen) atoms. The molecule has 0 saturated carbocycles. The van der Waals surface area contributed by atoms with Gasteiger partial charge in [-0.25, -0.2) is 4.39 Å². The van der Waals surface area contributed by atoms with E-state index in [1.165, 1.54) is 41.6 Å². The molecule has 0 aliphatic rings. The van der Waals surface area contributed by atoms with Crippen molar-refractivity contribution in [1.29, 1.82) is 0 Å². The zero-order valence-corrected chi connectivity index (χ0v) is 15.9. The summed E-state index contributed by atoms with van der Waals surface area (Å²) in [7, 11) is 3.32. The first kappa shape index (κ1) is 19.5. The van der Waals surface area contributed by atoms with Crippen LogP contribution >= 0.6 is 11.8 Å². The van der Waals surface area contributed by atoms with Crippen LogP contribution in [-0.4, -0.2) is 37.5 Å². The van der Waals surface area contributed by atoms with Crippen LogP contribution in [0.3, 0.4) is 0 Å². The summed E-state index contributed by atoms with van der Waals surface area (Å²) in [6, 6.07) is 10.1. The molecule has 1 heterocycles. The Bertz CT molecular complexity index is 1020. The molecule has 0 aliphatic carbocycles. The summed E-state index contributed by atoms with van der Waals surface area (Å²) in [5.74, 6) is -0.730. The lowest BCUT2D eigenvalue weighted by Gasteiger charge is -2.17. The molecule has 3 rings (SSSR count). The van der Waals surface area contributed by atoms with E-state index >= 15 is 0 Å². The zero-order valence-electron chi connectivity index (χ0n) is 15.1. The van der Waals surface area contributed by atoms with Gasteiger partial charge in [0.2, 0.25) is 0 Å². The number of hydrogen-bond acceptors (Lipinski definition) is 6. The molecule has 0 N–H and O–H groups in total. The minimum absolute atomic E-state index is 0.186. The number of carbonyl (C=O) groups is 1. The second kappa shape index (κ2) is 8.17. The third kappa shape index (κ3) is 4.34. The Morgan fingerprint density at radius 2 is 2.00 bits per heavy atom. The molecule has 1 amide bonds. The number of aromatic nitrogens is 3. The maximum atomic E-state index is 13.0. The Kier molecular flexibility index (Phi) is 5.69. The van der Waals surface area contributed by atoms with Crippen LogP contribution in [-0.2, 0) is 13.6 Å². The number of halogens is 1. The number of nitrogens with zero attached hydrogens (tertiary/aromatic N) is 5. The Balaban J connectivity index is 1.82. The number of nitro groups is 1. The molecule has 0 saturated heterocycles. The van der Waals surface area contributed by atoms with Crippen LogP contribution < -0.4 is 0 Å². The summed E-state index contributed by atoms with van der Waals surface area (Å²) in [6.45, 7) is 0.252. The summed E-state index contributed by atoms with van der Waals surface area (Å²) in [6.07, 6.45) is 1.50. The molecule has 0 radical (unpaired) electrons. The molecule has 1 aromatic heterocycles. The van der Waals surface area contributed by atoms with Gasteiger partial charge < -0.3 is 9.47 Å². The minimum Gasteiger partial charge on any atom is -0.337 e. The van der Waals surface area contributed by atoms with Gasteiger partial charge in [0.15, 0.2) is 5.16 Å². The Hall–Kier alpha value is -3.27. The number of nitro benzene ring substituents is 1. The molecule has 0 fully saturated rings. The van der Waals surface area contributed by atoms with Gasteiger partial charge in [0.1, 0.15) is 12.1 Å². The maximum absolute atomic E-state index is 13.0. The molecule has 0 atom stereocenters. The van der Waals surface area contributed by atoms with Crippen LogP contribution in [0.15, 0.2) is 58.8 Å². The lowest BCUT2D eigenvalue weighted by molar-refractivity contribution is -0.387. The fraction of sp³-hybridized carbons (Fsp3) is 0.167. The first-order chi connectivity index (χ1) is 13.3. The fourth-order valence-electron chi connectivity index (χ4n) is 2.50. The van der Waals surface area contributed by atoms with Gasteiger partial charge in [0.05, 0.1) is 9.82 Å². The zero-order chi connectivity index (χ0) is 20.3. The first-order valence-corrected chi connectivity index (χ1v) is 8.97. The van der Waals surface area contributed by atoms with Crippen LogP contribution in [0.2, 0.25) is 0 Å². The summed E-state index contributed by atoms with van der Waals surface area (Å²) in [5, 5.41) is 19.6. The van der Waals surface area contributed by atoms with Gasteiger partial charge in [-0.3, -0.25) is 14.9 Å². The van der Waals surface area contributed by atoms with Crippen molar-refractivity contribution in [2.24, 2.45) is 7.05 Å². The summed E-state index contributed by atoms with van der Waals surface area (Å²) in [4.78, 5) is 25.4. The standard InChI is InChI=1S/C18H16FN5O3S/c1-22(10-12-3-6-14(19)7-4-12)17(25)13-5-8-16(15(9-13)24(26)27)28-18-21-20-11-23(18)2/h3-9,11H,10H2,1-2H3. The Morgan fingerprint density at radius 3 is 2.61 bits per heavy atom. The Labute approximate surface area is 164 Å². The lowest BCUT2D eigenvalue weighted by atomic mass is 10.1. The van der Waals surface area contributed by atoms with Crippen LogP contribution in [0.25, 0.3) is 0 Å². The summed E-state index contributed by atoms with van der Waals surface area (Å²) in [5.41, 5.74) is 0.758. The third-order valence-corrected chi connectivity index (χ3v) is 5.07. The van der Waals surface area contributed by atoms with E-state index in [1.807, 2.05) is 0 Å². The monoisotopic (exact) mass is 401 g/mol. The minimum atomic E-state index is -0.532. The molecule has 0 aliphatic heterocycles. The SMILES string of the molecule is CN(Cc1ccc(F)cc1)C(=O)c1ccc(Sc2nncn2C)c([N+](=O)[O-])c1.